The predicted octanol–water partition coefficient (Wildman–Crippen LogP) is 8.66. The molecule has 0 saturated heterocycles. The van der Waals surface area contributed by atoms with E-state index < -0.39 is 11.9 Å². The lowest BCUT2D eigenvalue weighted by molar-refractivity contribution is 0.0465. The summed E-state index contributed by atoms with van der Waals surface area (Å²) in [5, 5.41) is 6.44. The molecule has 0 radical (unpaired) electrons. The summed E-state index contributed by atoms with van der Waals surface area (Å²) in [6.45, 7) is 0.211. The molecule has 244 valence electrons. The van der Waals surface area contributed by atoms with Crippen LogP contribution >= 0.6 is 0 Å². The zero-order chi connectivity index (χ0) is 34.5. The van der Waals surface area contributed by atoms with Crippen molar-refractivity contribution in [3.8, 4) is 0 Å². The zero-order valence-electron chi connectivity index (χ0n) is 26.7. The third-order valence-electron chi connectivity index (χ3n) is 8.33. The average Bonchev–Trinajstić information content (AvgIpc) is 3.16. The topological polar surface area (TPSA) is 111 Å². The lowest BCUT2D eigenvalue weighted by Gasteiger charge is -2.24. The Morgan fingerprint density at radius 1 is 0.420 bits per heavy atom. The average molecular weight is 659 g/mol. The minimum absolute atomic E-state index is 0.105. The van der Waals surface area contributed by atoms with Crippen LogP contribution in [-0.4, -0.2) is 23.5 Å². The molecule has 0 spiro atoms. The van der Waals surface area contributed by atoms with E-state index in [-0.39, 0.29) is 58.2 Å². The maximum atomic E-state index is 14.2. The summed E-state index contributed by atoms with van der Waals surface area (Å²) < 4.78 is 11.1. The van der Waals surface area contributed by atoms with Crippen LogP contribution in [0.4, 0.5) is 22.7 Å². The number of ketones is 2. The Hall–Kier alpha value is -6.80. The van der Waals surface area contributed by atoms with Crippen LogP contribution in [0.3, 0.4) is 0 Å². The van der Waals surface area contributed by atoms with Gasteiger partial charge in [-0.1, -0.05) is 109 Å². The van der Waals surface area contributed by atoms with Crippen molar-refractivity contribution in [1.29, 1.82) is 0 Å². The van der Waals surface area contributed by atoms with Crippen LogP contribution in [0.25, 0.3) is 0 Å². The number of esters is 2. The summed E-state index contributed by atoms with van der Waals surface area (Å²) in [7, 11) is 0. The number of para-hydroxylation sites is 2. The van der Waals surface area contributed by atoms with Crippen molar-refractivity contribution in [2.24, 2.45) is 0 Å². The number of hydrogen-bond acceptors (Lipinski definition) is 8. The monoisotopic (exact) mass is 658 g/mol. The number of carbonyl (C=O) groups excluding carboxylic acids is 4. The molecule has 1 aliphatic rings. The second-order valence-electron chi connectivity index (χ2n) is 11.6. The van der Waals surface area contributed by atoms with Crippen molar-refractivity contribution in [2.45, 2.75) is 13.2 Å². The first-order chi connectivity index (χ1) is 24.5. The van der Waals surface area contributed by atoms with E-state index in [1.807, 2.05) is 60.7 Å². The second-order valence-corrected chi connectivity index (χ2v) is 11.6. The minimum Gasteiger partial charge on any atom is -0.457 e. The molecule has 0 aliphatic heterocycles. The van der Waals surface area contributed by atoms with E-state index in [1.54, 1.807) is 84.9 Å². The van der Waals surface area contributed by atoms with Gasteiger partial charge in [0.05, 0.1) is 45.0 Å². The highest BCUT2D eigenvalue weighted by molar-refractivity contribution is 6.32. The summed E-state index contributed by atoms with van der Waals surface area (Å²) in [5.41, 5.74) is 4.68. The highest BCUT2D eigenvalue weighted by atomic mass is 16.5. The largest absolute Gasteiger partial charge is 0.457 e. The summed E-state index contributed by atoms with van der Waals surface area (Å²) >= 11 is 0. The Morgan fingerprint density at radius 2 is 0.780 bits per heavy atom. The molecule has 2 N–H and O–H groups in total. The van der Waals surface area contributed by atoms with Crippen LogP contribution in [0.1, 0.15) is 63.7 Å². The van der Waals surface area contributed by atoms with Crippen molar-refractivity contribution in [2.75, 3.05) is 10.6 Å². The Balaban J connectivity index is 1.15. The molecular weight excluding hydrogens is 628 g/mol. The Morgan fingerprint density at radius 3 is 1.20 bits per heavy atom. The van der Waals surface area contributed by atoms with Gasteiger partial charge in [0.15, 0.2) is 11.6 Å². The van der Waals surface area contributed by atoms with Crippen molar-refractivity contribution < 1.29 is 28.7 Å². The van der Waals surface area contributed by atoms with E-state index in [9.17, 15) is 19.2 Å². The smallest absolute Gasteiger partial charge is 0.340 e. The van der Waals surface area contributed by atoms with Gasteiger partial charge in [0.2, 0.25) is 0 Å². The molecule has 0 bridgehead atoms. The maximum Gasteiger partial charge on any atom is 0.340 e. The van der Waals surface area contributed by atoms with Crippen molar-refractivity contribution in [3.63, 3.8) is 0 Å². The Kier molecular flexibility index (Phi) is 8.98. The molecule has 8 heteroatoms. The summed E-state index contributed by atoms with van der Waals surface area (Å²) in [6.07, 6.45) is 0. The first kappa shape index (κ1) is 31.8. The van der Waals surface area contributed by atoms with Gasteiger partial charge in [0, 0.05) is 11.1 Å². The fourth-order valence-corrected chi connectivity index (χ4v) is 5.88. The molecule has 8 nitrogen and oxygen atoms in total. The molecule has 6 aromatic rings. The highest BCUT2D eigenvalue weighted by Crippen LogP contribution is 2.38. The highest BCUT2D eigenvalue weighted by Gasteiger charge is 2.34. The molecule has 0 fully saturated rings. The van der Waals surface area contributed by atoms with Crippen LogP contribution in [0.2, 0.25) is 0 Å². The van der Waals surface area contributed by atoms with Crippen LogP contribution < -0.4 is 10.6 Å². The van der Waals surface area contributed by atoms with Gasteiger partial charge in [0.1, 0.15) is 13.2 Å². The lowest BCUT2D eigenvalue weighted by atomic mass is 9.82. The number of nitrogens with one attached hydrogen (secondary N) is 2. The molecule has 50 heavy (non-hydrogen) atoms. The van der Waals surface area contributed by atoms with Crippen molar-refractivity contribution in [3.05, 3.63) is 190 Å². The molecule has 0 amide bonds. The van der Waals surface area contributed by atoms with Gasteiger partial charge in [-0.05, 0) is 47.5 Å². The fraction of sp³-hybridized carbons (Fsp3) is 0.0476. The van der Waals surface area contributed by atoms with E-state index in [1.165, 1.54) is 0 Å². The summed E-state index contributed by atoms with van der Waals surface area (Å²) in [6, 6.07) is 42.4. The number of hydrogen-bond donors (Lipinski definition) is 2. The number of rotatable bonds is 10. The Labute approximate surface area is 288 Å². The Bertz CT molecular complexity index is 2090. The van der Waals surface area contributed by atoms with Crippen LogP contribution in [0.5, 0.6) is 0 Å². The van der Waals surface area contributed by atoms with Crippen molar-refractivity contribution in [1.82, 2.24) is 0 Å². The molecular formula is C42H30N2O6. The van der Waals surface area contributed by atoms with E-state index >= 15 is 0 Å². The maximum absolute atomic E-state index is 14.2. The van der Waals surface area contributed by atoms with Gasteiger partial charge in [-0.25, -0.2) is 9.59 Å². The molecule has 6 aromatic carbocycles. The van der Waals surface area contributed by atoms with Crippen LogP contribution in [-0.2, 0) is 22.7 Å². The minimum atomic E-state index is -0.533. The molecule has 0 aromatic heterocycles. The normalized spacial score (nSPS) is 11.6. The second kappa shape index (κ2) is 14.1. The van der Waals surface area contributed by atoms with E-state index in [0.717, 1.165) is 11.1 Å². The fourth-order valence-electron chi connectivity index (χ4n) is 5.88. The first-order valence-electron chi connectivity index (χ1n) is 16.0. The van der Waals surface area contributed by atoms with Gasteiger partial charge in [-0.3, -0.25) is 9.59 Å². The third kappa shape index (κ3) is 6.50. The molecule has 0 atom stereocenters. The van der Waals surface area contributed by atoms with E-state index in [0.29, 0.717) is 22.7 Å². The van der Waals surface area contributed by atoms with Crippen LogP contribution in [0, 0.1) is 0 Å². The molecule has 7 rings (SSSR count). The third-order valence-corrected chi connectivity index (χ3v) is 8.33. The quantitative estimate of drug-likeness (QED) is 0.141. The van der Waals surface area contributed by atoms with Gasteiger partial charge >= 0.3 is 11.9 Å². The number of ether oxygens (including phenoxy) is 2. The number of carbonyl (C=O) groups is 4. The molecule has 0 unspecified atom stereocenters. The van der Waals surface area contributed by atoms with Gasteiger partial charge < -0.3 is 20.1 Å². The van der Waals surface area contributed by atoms with Gasteiger partial charge in [-0.15, -0.1) is 0 Å². The predicted molar refractivity (Wildman–Crippen MR) is 190 cm³/mol. The van der Waals surface area contributed by atoms with Gasteiger partial charge in [0.25, 0.3) is 0 Å². The lowest BCUT2D eigenvalue weighted by Crippen LogP contribution is -2.23. The van der Waals surface area contributed by atoms with Gasteiger partial charge in [-0.2, -0.15) is 0 Å². The molecule has 1 aliphatic carbocycles. The molecule has 0 saturated carbocycles. The van der Waals surface area contributed by atoms with E-state index in [4.69, 9.17) is 9.47 Å². The first-order valence-corrected chi connectivity index (χ1v) is 16.0. The zero-order valence-corrected chi connectivity index (χ0v) is 26.7. The summed E-state index contributed by atoms with van der Waals surface area (Å²) in [4.78, 5) is 54.6. The van der Waals surface area contributed by atoms with Crippen molar-refractivity contribution >= 4 is 46.3 Å². The summed E-state index contributed by atoms with van der Waals surface area (Å²) in [5.74, 6) is -1.79. The number of benzene rings is 6. The van der Waals surface area contributed by atoms with E-state index in [2.05, 4.69) is 10.6 Å². The molecule has 0 heterocycles. The number of fused-ring (bicyclic) bond motifs is 2. The number of anilines is 4. The standard InChI is InChI=1S/C42H30N2O6/c45-39-32-20-12-24-36(44-34-22-10-8-18-30(34)42(48)50-26-28-15-5-2-6-16-28)38(32)40(46)31-19-11-23-35(37(31)39)43-33-21-9-7-17-29(33)41(47)49-25-27-13-3-1-4-14-27/h1-24,43-44H,25-26H2. The SMILES string of the molecule is O=C(OCc1ccccc1)c1ccccc1Nc1cccc2c1C(=O)c1cccc(Nc3ccccc3C(=O)OCc3ccccc3)c1C2=O. The van der Waals surface area contributed by atoms with Crippen LogP contribution in [0.15, 0.2) is 146 Å².